The summed E-state index contributed by atoms with van der Waals surface area (Å²) in [6, 6.07) is 12.9. The molecule has 6 nitrogen and oxygen atoms in total. The van der Waals surface area contributed by atoms with Crippen LogP contribution in [-0.4, -0.2) is 64.3 Å². The van der Waals surface area contributed by atoms with Crippen molar-refractivity contribution in [1.29, 1.82) is 0 Å². The fourth-order valence-electron chi connectivity index (χ4n) is 4.04. The van der Waals surface area contributed by atoms with Gasteiger partial charge >= 0.3 is 0 Å². The van der Waals surface area contributed by atoms with Gasteiger partial charge in [0.15, 0.2) is 18.0 Å². The van der Waals surface area contributed by atoms with Crippen LogP contribution in [-0.2, 0) is 17.9 Å². The molecule has 1 fully saturated rings. The summed E-state index contributed by atoms with van der Waals surface area (Å²) < 4.78 is 24.9. The van der Waals surface area contributed by atoms with Crippen molar-refractivity contribution in [3.8, 4) is 11.5 Å². The Morgan fingerprint density at radius 1 is 1.16 bits per heavy atom. The topological polar surface area (TPSA) is 47.7 Å². The molecule has 2 aromatic carbocycles. The number of methoxy groups -OCH3 is 1. The standard InChI is InChI=1S/C24H32FN3O3/c1-4-31-22-10-9-19(15-23(22)30-3)16-26(2)18-24(29)28-13-11-27(12-14-28)17-20-7-5-6-8-21(20)25/h5-10,15H,4,11-14,16-18H2,1-3H3/p+2. The van der Waals surface area contributed by atoms with E-state index in [2.05, 4.69) is 0 Å². The summed E-state index contributed by atoms with van der Waals surface area (Å²) in [6.07, 6.45) is 0. The molecule has 168 valence electrons. The lowest BCUT2D eigenvalue weighted by molar-refractivity contribution is -0.918. The quantitative estimate of drug-likeness (QED) is 0.596. The van der Waals surface area contributed by atoms with E-state index in [1.165, 1.54) is 11.0 Å². The maximum atomic E-state index is 13.9. The zero-order valence-corrected chi connectivity index (χ0v) is 18.7. The van der Waals surface area contributed by atoms with Crippen molar-refractivity contribution in [3.63, 3.8) is 0 Å². The van der Waals surface area contributed by atoms with Gasteiger partial charge in [0.2, 0.25) is 0 Å². The second-order valence-electron chi connectivity index (χ2n) is 8.13. The number of nitrogens with zero attached hydrogens (tertiary/aromatic N) is 1. The largest absolute Gasteiger partial charge is 0.493 e. The molecule has 1 heterocycles. The lowest BCUT2D eigenvalue weighted by Gasteiger charge is -2.32. The van der Waals surface area contributed by atoms with Crippen molar-refractivity contribution in [2.45, 2.75) is 20.0 Å². The minimum absolute atomic E-state index is 0.148. The summed E-state index contributed by atoms with van der Waals surface area (Å²) >= 11 is 0. The summed E-state index contributed by atoms with van der Waals surface area (Å²) in [6.45, 7) is 7.48. The summed E-state index contributed by atoms with van der Waals surface area (Å²) in [7, 11) is 3.66. The Morgan fingerprint density at radius 3 is 2.58 bits per heavy atom. The third-order valence-corrected chi connectivity index (χ3v) is 5.71. The predicted octanol–water partition coefficient (Wildman–Crippen LogP) is 0.175. The molecule has 1 saturated heterocycles. The van der Waals surface area contributed by atoms with E-state index in [0.29, 0.717) is 38.5 Å². The van der Waals surface area contributed by atoms with E-state index < -0.39 is 0 Å². The average Bonchev–Trinajstić information content (AvgIpc) is 2.77. The molecule has 0 radical (unpaired) electrons. The number of hydrogen-bond acceptors (Lipinski definition) is 3. The lowest BCUT2D eigenvalue weighted by Crippen LogP contribution is -3.14. The number of nitrogens with one attached hydrogen (secondary N) is 2. The fourth-order valence-corrected chi connectivity index (χ4v) is 4.04. The maximum absolute atomic E-state index is 13.9. The Kier molecular flexibility index (Phi) is 8.26. The van der Waals surface area contributed by atoms with Crippen molar-refractivity contribution in [2.75, 3.05) is 53.5 Å². The molecule has 2 N–H and O–H groups in total. The third kappa shape index (κ3) is 6.42. The number of carbonyl (C=O) groups excluding carboxylic acids is 1. The predicted molar refractivity (Wildman–Crippen MR) is 117 cm³/mol. The molecule has 0 bridgehead atoms. The van der Waals surface area contributed by atoms with Crippen LogP contribution in [0.3, 0.4) is 0 Å². The summed E-state index contributed by atoms with van der Waals surface area (Å²) in [5.74, 6) is 1.47. The van der Waals surface area contributed by atoms with E-state index in [4.69, 9.17) is 9.47 Å². The second-order valence-corrected chi connectivity index (χ2v) is 8.13. The number of halogens is 1. The molecule has 1 aliphatic rings. The third-order valence-electron chi connectivity index (χ3n) is 5.71. The van der Waals surface area contributed by atoms with Gasteiger partial charge in [0.25, 0.3) is 5.91 Å². The van der Waals surface area contributed by atoms with Gasteiger partial charge in [-0.05, 0) is 31.2 Å². The molecule has 2 aromatic rings. The second kappa shape index (κ2) is 11.1. The Hall–Kier alpha value is -2.64. The van der Waals surface area contributed by atoms with Gasteiger partial charge in [-0.1, -0.05) is 18.2 Å². The van der Waals surface area contributed by atoms with Crippen molar-refractivity contribution in [1.82, 2.24) is 4.90 Å². The van der Waals surface area contributed by atoms with Crippen LogP contribution < -0.4 is 19.3 Å². The van der Waals surface area contributed by atoms with Crippen molar-refractivity contribution in [3.05, 3.63) is 59.4 Å². The van der Waals surface area contributed by atoms with Gasteiger partial charge in [-0.2, -0.15) is 0 Å². The average molecular weight is 432 g/mol. The summed E-state index contributed by atoms with van der Waals surface area (Å²) in [5.41, 5.74) is 1.84. The molecule has 1 aliphatic heterocycles. The first kappa shape index (κ1) is 23.0. The molecule has 7 heteroatoms. The molecule has 0 spiro atoms. The number of hydrogen-bond donors (Lipinski definition) is 2. The first-order valence-electron chi connectivity index (χ1n) is 11.0. The highest BCUT2D eigenvalue weighted by Gasteiger charge is 2.26. The molecular weight excluding hydrogens is 397 g/mol. The Balaban J connectivity index is 1.47. The Bertz CT molecular complexity index is 869. The first-order chi connectivity index (χ1) is 15.0. The monoisotopic (exact) mass is 431 g/mol. The molecule has 0 aliphatic carbocycles. The zero-order valence-electron chi connectivity index (χ0n) is 18.7. The van der Waals surface area contributed by atoms with E-state index in [1.807, 2.05) is 49.2 Å². The Labute approximate surface area is 184 Å². The number of amides is 1. The number of quaternary nitrogens is 2. The highest BCUT2D eigenvalue weighted by Crippen LogP contribution is 2.27. The SMILES string of the molecule is CCOc1ccc(C[NH+](C)CC(=O)N2CC[NH+](Cc3ccccc3F)CC2)cc1OC. The van der Waals surface area contributed by atoms with Gasteiger partial charge in [0.1, 0.15) is 18.9 Å². The highest BCUT2D eigenvalue weighted by atomic mass is 19.1. The van der Waals surface area contributed by atoms with Gasteiger partial charge in [-0.3, -0.25) is 4.79 Å². The molecule has 1 amide bonds. The smallest absolute Gasteiger partial charge is 0.278 e. The minimum Gasteiger partial charge on any atom is -0.493 e. The number of ether oxygens (including phenoxy) is 2. The lowest BCUT2D eigenvalue weighted by atomic mass is 10.2. The molecular formula is C24H34FN3O3+2. The number of piperazine rings is 1. The van der Waals surface area contributed by atoms with Crippen LogP contribution in [0.2, 0.25) is 0 Å². The van der Waals surface area contributed by atoms with Gasteiger partial charge in [-0.25, -0.2) is 4.39 Å². The van der Waals surface area contributed by atoms with Crippen molar-refractivity contribution < 1.29 is 28.5 Å². The number of rotatable bonds is 9. The van der Waals surface area contributed by atoms with Gasteiger partial charge in [0.05, 0.1) is 46.9 Å². The summed E-state index contributed by atoms with van der Waals surface area (Å²) in [4.78, 5) is 17.1. The van der Waals surface area contributed by atoms with Crippen LogP contribution in [0.1, 0.15) is 18.1 Å². The number of likely N-dealkylation sites (N-methyl/N-ethyl adjacent to an activating group) is 1. The normalized spacial score (nSPS) is 15.5. The molecule has 1 unspecified atom stereocenters. The van der Waals surface area contributed by atoms with E-state index >= 15 is 0 Å². The maximum Gasteiger partial charge on any atom is 0.278 e. The van der Waals surface area contributed by atoms with Gasteiger partial charge in [-0.15, -0.1) is 0 Å². The van der Waals surface area contributed by atoms with Crippen LogP contribution in [0.15, 0.2) is 42.5 Å². The molecule has 0 saturated carbocycles. The van der Waals surface area contributed by atoms with Gasteiger partial charge < -0.3 is 24.2 Å². The van der Waals surface area contributed by atoms with E-state index in [-0.39, 0.29) is 11.7 Å². The van der Waals surface area contributed by atoms with Gasteiger partial charge in [0, 0.05) is 11.1 Å². The fraction of sp³-hybridized carbons (Fsp3) is 0.458. The first-order valence-corrected chi connectivity index (χ1v) is 11.0. The molecule has 1 atom stereocenters. The minimum atomic E-state index is -0.148. The van der Waals surface area contributed by atoms with Crippen molar-refractivity contribution in [2.24, 2.45) is 0 Å². The van der Waals surface area contributed by atoms with Crippen LogP contribution in [0.25, 0.3) is 0 Å². The Morgan fingerprint density at radius 2 is 1.90 bits per heavy atom. The van der Waals surface area contributed by atoms with Crippen LogP contribution in [0.4, 0.5) is 4.39 Å². The van der Waals surface area contributed by atoms with Crippen molar-refractivity contribution >= 4 is 5.91 Å². The van der Waals surface area contributed by atoms with E-state index in [9.17, 15) is 9.18 Å². The molecule has 31 heavy (non-hydrogen) atoms. The molecule has 0 aromatic heterocycles. The molecule has 3 rings (SSSR count). The highest BCUT2D eigenvalue weighted by molar-refractivity contribution is 5.77. The van der Waals surface area contributed by atoms with Crippen LogP contribution in [0, 0.1) is 5.82 Å². The van der Waals surface area contributed by atoms with Crippen LogP contribution in [0.5, 0.6) is 11.5 Å². The van der Waals surface area contributed by atoms with E-state index in [1.54, 1.807) is 13.2 Å². The number of carbonyl (C=O) groups is 1. The summed E-state index contributed by atoms with van der Waals surface area (Å²) in [5, 5.41) is 0. The zero-order chi connectivity index (χ0) is 22.2. The van der Waals surface area contributed by atoms with E-state index in [0.717, 1.165) is 41.4 Å². The number of benzene rings is 2. The van der Waals surface area contributed by atoms with Crippen LogP contribution >= 0.6 is 0 Å².